The molecule has 1 aromatic carbocycles. The largest absolute Gasteiger partial charge is 0.288 e. The Bertz CT molecular complexity index is 621. The summed E-state index contributed by atoms with van der Waals surface area (Å²) in [6, 6.07) is 3.63. The van der Waals surface area contributed by atoms with Crippen molar-refractivity contribution in [2.45, 2.75) is 10.8 Å². The van der Waals surface area contributed by atoms with Crippen molar-refractivity contribution in [2.75, 3.05) is 0 Å². The van der Waals surface area contributed by atoms with E-state index in [1.807, 2.05) is 0 Å². The lowest BCUT2D eigenvalue weighted by atomic mass is 10.1. The van der Waals surface area contributed by atoms with E-state index in [1.54, 1.807) is 0 Å². The van der Waals surface area contributed by atoms with E-state index in [4.69, 9.17) is 27.5 Å². The molecule has 0 radical (unpaired) electrons. The second-order valence-corrected chi connectivity index (χ2v) is 5.66. The molecule has 90 valence electrons. The number of alkyl halides is 1. The van der Waals surface area contributed by atoms with Crippen LogP contribution in [0.15, 0.2) is 17.0 Å². The van der Waals surface area contributed by atoms with Crippen LogP contribution in [0.4, 0.5) is 5.69 Å². The second-order valence-electron chi connectivity index (χ2n) is 2.89. The van der Waals surface area contributed by atoms with Gasteiger partial charge in [-0.2, -0.15) is 5.26 Å². The lowest BCUT2D eigenvalue weighted by molar-refractivity contribution is -0.385. The summed E-state index contributed by atoms with van der Waals surface area (Å²) >= 11 is 5.50. The van der Waals surface area contributed by atoms with Gasteiger partial charge in [0.2, 0.25) is 0 Å². The molecule has 0 amide bonds. The molecule has 0 heterocycles. The maximum atomic E-state index is 11.3. The van der Waals surface area contributed by atoms with Gasteiger partial charge in [-0.25, -0.2) is 8.42 Å². The fourth-order valence-electron chi connectivity index (χ4n) is 1.26. The highest BCUT2D eigenvalue weighted by molar-refractivity contribution is 8.13. The first kappa shape index (κ1) is 13.7. The molecule has 0 aromatic heterocycles. The van der Waals surface area contributed by atoms with E-state index in [1.165, 1.54) is 6.07 Å². The summed E-state index contributed by atoms with van der Waals surface area (Å²) in [5.74, 6) is -0.228. The smallest absolute Gasteiger partial charge is 0.258 e. The van der Waals surface area contributed by atoms with Gasteiger partial charge in [0.1, 0.15) is 16.5 Å². The third-order valence-corrected chi connectivity index (χ3v) is 3.62. The SMILES string of the molecule is N#Cc1c([N+](=O)[O-])ccc(CCl)c1S(=O)(=O)Cl. The summed E-state index contributed by atoms with van der Waals surface area (Å²) in [6.07, 6.45) is 0. The van der Waals surface area contributed by atoms with Crippen LogP contribution in [-0.4, -0.2) is 13.3 Å². The highest BCUT2D eigenvalue weighted by Gasteiger charge is 2.27. The minimum absolute atomic E-state index is 0.0452. The minimum atomic E-state index is -4.28. The van der Waals surface area contributed by atoms with Crippen molar-refractivity contribution in [3.8, 4) is 6.07 Å². The molecule has 0 saturated heterocycles. The van der Waals surface area contributed by atoms with Crippen LogP contribution in [0.2, 0.25) is 0 Å². The van der Waals surface area contributed by atoms with E-state index in [-0.39, 0.29) is 11.4 Å². The zero-order chi connectivity index (χ0) is 13.2. The standard InChI is InChI=1S/C8H4Cl2N2O4S/c9-3-5-1-2-7(12(13)14)6(4-11)8(5)17(10,15)16/h1-2H,3H2. The minimum Gasteiger partial charge on any atom is -0.258 e. The fourth-order valence-corrected chi connectivity index (χ4v) is 2.94. The zero-order valence-corrected chi connectivity index (χ0v) is 10.4. The number of benzene rings is 1. The second kappa shape index (κ2) is 4.87. The topological polar surface area (TPSA) is 101 Å². The van der Waals surface area contributed by atoms with Crippen LogP contribution in [0.25, 0.3) is 0 Å². The molecule has 6 nitrogen and oxygen atoms in total. The molecule has 0 N–H and O–H groups in total. The van der Waals surface area contributed by atoms with E-state index in [2.05, 4.69) is 0 Å². The van der Waals surface area contributed by atoms with E-state index in [0.29, 0.717) is 0 Å². The number of nitrogens with zero attached hydrogens (tertiary/aromatic N) is 2. The summed E-state index contributed by atoms with van der Waals surface area (Å²) < 4.78 is 22.6. The summed E-state index contributed by atoms with van der Waals surface area (Å²) in [7, 11) is 0.859. The van der Waals surface area contributed by atoms with E-state index in [0.717, 1.165) is 12.1 Å². The average molecular weight is 295 g/mol. The zero-order valence-electron chi connectivity index (χ0n) is 8.05. The lowest BCUT2D eigenvalue weighted by Crippen LogP contribution is -2.04. The predicted molar refractivity (Wildman–Crippen MR) is 60.4 cm³/mol. The molecule has 0 bridgehead atoms. The van der Waals surface area contributed by atoms with Crippen LogP contribution in [0.5, 0.6) is 0 Å². The predicted octanol–water partition coefficient (Wildman–Crippen LogP) is 2.13. The summed E-state index contributed by atoms with van der Waals surface area (Å²) in [6.45, 7) is 0. The maximum absolute atomic E-state index is 11.3. The normalized spacial score (nSPS) is 10.9. The molecule has 0 unspecified atom stereocenters. The molecule has 0 aliphatic carbocycles. The Labute approximate surface area is 106 Å². The Balaban J connectivity index is 3.82. The first-order chi connectivity index (χ1) is 7.82. The lowest BCUT2D eigenvalue weighted by Gasteiger charge is -2.05. The van der Waals surface area contributed by atoms with Crippen molar-refractivity contribution < 1.29 is 13.3 Å². The number of nitriles is 1. The van der Waals surface area contributed by atoms with E-state index >= 15 is 0 Å². The van der Waals surface area contributed by atoms with Gasteiger partial charge in [-0.05, 0) is 11.6 Å². The summed E-state index contributed by atoms with van der Waals surface area (Å²) in [4.78, 5) is 9.18. The van der Waals surface area contributed by atoms with Gasteiger partial charge < -0.3 is 0 Å². The van der Waals surface area contributed by atoms with Gasteiger partial charge >= 0.3 is 0 Å². The van der Waals surface area contributed by atoms with Crippen molar-refractivity contribution >= 4 is 37.0 Å². The van der Waals surface area contributed by atoms with Crippen molar-refractivity contribution in [3.05, 3.63) is 33.4 Å². The number of hydrogen-bond acceptors (Lipinski definition) is 5. The molecule has 0 aliphatic rings. The Morgan fingerprint density at radius 3 is 2.41 bits per heavy atom. The number of halogens is 2. The van der Waals surface area contributed by atoms with Crippen molar-refractivity contribution in [2.24, 2.45) is 0 Å². The first-order valence-electron chi connectivity index (χ1n) is 4.04. The molecule has 1 rings (SSSR count). The van der Waals surface area contributed by atoms with Crippen LogP contribution in [0, 0.1) is 21.4 Å². The molecule has 1 aromatic rings. The molecule has 0 aliphatic heterocycles. The Kier molecular flexibility index (Phi) is 3.93. The molecule has 0 fully saturated rings. The monoisotopic (exact) mass is 294 g/mol. The van der Waals surface area contributed by atoms with E-state index < -0.39 is 30.1 Å². The highest BCUT2D eigenvalue weighted by atomic mass is 35.7. The molecular weight excluding hydrogens is 291 g/mol. The van der Waals surface area contributed by atoms with Crippen molar-refractivity contribution in [3.63, 3.8) is 0 Å². The van der Waals surface area contributed by atoms with Crippen LogP contribution in [0.1, 0.15) is 11.1 Å². The molecule has 9 heteroatoms. The molecule has 0 spiro atoms. The number of rotatable bonds is 3. The van der Waals surface area contributed by atoms with Crippen molar-refractivity contribution in [1.82, 2.24) is 0 Å². The molecule has 0 atom stereocenters. The van der Waals surface area contributed by atoms with Gasteiger partial charge in [0, 0.05) is 22.6 Å². The maximum Gasteiger partial charge on any atom is 0.288 e. The molecule has 0 saturated carbocycles. The summed E-state index contributed by atoms with van der Waals surface area (Å²) in [5.41, 5.74) is -1.19. The van der Waals surface area contributed by atoms with Gasteiger partial charge in [-0.3, -0.25) is 10.1 Å². The highest BCUT2D eigenvalue weighted by Crippen LogP contribution is 2.31. The molecule has 17 heavy (non-hydrogen) atoms. The number of nitro groups is 1. The third-order valence-electron chi connectivity index (χ3n) is 1.91. The van der Waals surface area contributed by atoms with Crippen molar-refractivity contribution in [1.29, 1.82) is 5.26 Å². The van der Waals surface area contributed by atoms with E-state index in [9.17, 15) is 18.5 Å². The van der Waals surface area contributed by atoms with Gasteiger partial charge in [0.15, 0.2) is 0 Å². The summed E-state index contributed by atoms with van der Waals surface area (Å²) in [5, 5.41) is 19.5. The van der Waals surface area contributed by atoms with Gasteiger partial charge in [0.05, 0.1) is 4.92 Å². The van der Waals surface area contributed by atoms with Crippen LogP contribution >= 0.6 is 22.3 Å². The van der Waals surface area contributed by atoms with Crippen LogP contribution < -0.4 is 0 Å². The average Bonchev–Trinajstić information content (AvgIpc) is 2.25. The fraction of sp³-hybridized carbons (Fsp3) is 0.125. The van der Waals surface area contributed by atoms with Crippen LogP contribution in [0.3, 0.4) is 0 Å². The number of nitro benzene ring substituents is 1. The van der Waals surface area contributed by atoms with Gasteiger partial charge in [0.25, 0.3) is 14.7 Å². The Morgan fingerprint density at radius 1 is 1.47 bits per heavy atom. The van der Waals surface area contributed by atoms with Crippen LogP contribution in [-0.2, 0) is 14.9 Å². The quantitative estimate of drug-likeness (QED) is 0.368. The van der Waals surface area contributed by atoms with Gasteiger partial charge in [-0.1, -0.05) is 0 Å². The first-order valence-corrected chi connectivity index (χ1v) is 6.88. The number of hydrogen-bond donors (Lipinski definition) is 0. The van der Waals surface area contributed by atoms with Gasteiger partial charge in [-0.15, -0.1) is 11.6 Å². The molecular formula is C8H4Cl2N2O4S. The Morgan fingerprint density at radius 2 is 2.06 bits per heavy atom. The third kappa shape index (κ3) is 2.66. The Hall–Kier alpha value is -1.36.